The van der Waals surface area contributed by atoms with E-state index in [0.29, 0.717) is 19.1 Å². The summed E-state index contributed by atoms with van der Waals surface area (Å²) in [5, 5.41) is 2.37. The van der Waals surface area contributed by atoms with Gasteiger partial charge in [0.25, 0.3) is 0 Å². The minimum Gasteiger partial charge on any atom is -0.309 e. The molecule has 2 rings (SSSR count). The van der Waals surface area contributed by atoms with Crippen LogP contribution in [-0.2, 0) is 13.6 Å². The van der Waals surface area contributed by atoms with Crippen molar-refractivity contribution in [3.05, 3.63) is 60.7 Å². The summed E-state index contributed by atoms with van der Waals surface area (Å²) in [6, 6.07) is 20.4. The summed E-state index contributed by atoms with van der Waals surface area (Å²) in [7, 11) is -3.85. The summed E-state index contributed by atoms with van der Waals surface area (Å²) < 4.78 is 23.9. The highest BCUT2D eigenvalue weighted by atomic mass is 31.2. The zero-order chi connectivity index (χ0) is 15.8. The molecule has 0 atom stereocenters. The average molecular weight is 336 g/mol. The molecule has 0 aliphatic heterocycles. The predicted octanol–water partition coefficient (Wildman–Crippen LogP) is 4.34. The fourth-order valence-corrected chi connectivity index (χ4v) is 7.78. The Balaban J connectivity index is 2.35. The summed E-state index contributed by atoms with van der Waals surface area (Å²) in [6.45, 7) is 4.48. The molecule has 0 bridgehead atoms. The highest BCUT2D eigenvalue weighted by molar-refractivity contribution is 7.82. The quantitative estimate of drug-likeness (QED) is 0.673. The Morgan fingerprint density at radius 2 is 1.23 bits per heavy atom. The van der Waals surface area contributed by atoms with E-state index in [1.807, 2.05) is 50.2 Å². The third-order valence-electron chi connectivity index (χ3n) is 3.10. The normalized spacial score (nSPS) is 11.8. The number of hydrogen-bond donors (Lipinski definition) is 0. The second kappa shape index (κ2) is 8.60. The molecule has 0 amide bonds. The smallest absolute Gasteiger partial charge is 0.309 e. The zero-order valence-electron chi connectivity index (χ0n) is 13.0. The number of benzene rings is 2. The fourth-order valence-electron chi connectivity index (χ4n) is 2.21. The van der Waals surface area contributed by atoms with Gasteiger partial charge >= 0.3 is 7.60 Å². The first-order valence-electron chi connectivity index (χ1n) is 7.44. The second-order valence-electron chi connectivity index (χ2n) is 4.69. The molecule has 2 aromatic rings. The molecule has 0 spiro atoms. The average Bonchev–Trinajstić information content (AvgIpc) is 2.55. The molecular formula is C17H22O3P2. The van der Waals surface area contributed by atoms with Crippen LogP contribution >= 0.6 is 15.5 Å². The monoisotopic (exact) mass is 336 g/mol. The first-order valence-corrected chi connectivity index (χ1v) is 10.7. The largest absolute Gasteiger partial charge is 0.335 e. The van der Waals surface area contributed by atoms with E-state index < -0.39 is 15.5 Å². The van der Waals surface area contributed by atoms with Crippen molar-refractivity contribution in [3.63, 3.8) is 0 Å². The van der Waals surface area contributed by atoms with Crippen molar-refractivity contribution in [3.8, 4) is 0 Å². The van der Waals surface area contributed by atoms with Crippen molar-refractivity contribution < 1.29 is 13.6 Å². The van der Waals surface area contributed by atoms with Crippen molar-refractivity contribution in [1.82, 2.24) is 0 Å². The van der Waals surface area contributed by atoms with Crippen molar-refractivity contribution in [2.45, 2.75) is 13.8 Å². The third kappa shape index (κ3) is 4.76. The lowest BCUT2D eigenvalue weighted by atomic mass is 10.4. The van der Waals surface area contributed by atoms with Crippen LogP contribution in [0, 0.1) is 0 Å². The topological polar surface area (TPSA) is 35.5 Å². The van der Waals surface area contributed by atoms with Gasteiger partial charge in [0.2, 0.25) is 0 Å². The Hall–Kier alpha value is -0.980. The molecule has 0 aliphatic carbocycles. The van der Waals surface area contributed by atoms with Crippen LogP contribution in [0.25, 0.3) is 0 Å². The van der Waals surface area contributed by atoms with E-state index in [4.69, 9.17) is 9.05 Å². The van der Waals surface area contributed by atoms with E-state index in [9.17, 15) is 4.57 Å². The van der Waals surface area contributed by atoms with Gasteiger partial charge in [-0.2, -0.15) is 0 Å². The predicted molar refractivity (Wildman–Crippen MR) is 94.8 cm³/mol. The van der Waals surface area contributed by atoms with E-state index >= 15 is 0 Å². The Kier molecular flexibility index (Phi) is 6.79. The van der Waals surface area contributed by atoms with Crippen LogP contribution in [0.1, 0.15) is 13.8 Å². The lowest BCUT2D eigenvalue weighted by Crippen LogP contribution is -2.15. The van der Waals surface area contributed by atoms with E-state index in [-0.39, 0.29) is 0 Å². The Morgan fingerprint density at radius 3 is 1.59 bits per heavy atom. The maximum Gasteiger partial charge on any atom is 0.335 e. The molecule has 0 heterocycles. The van der Waals surface area contributed by atoms with Crippen LogP contribution < -0.4 is 10.6 Å². The molecule has 0 unspecified atom stereocenters. The first kappa shape index (κ1) is 17.4. The highest BCUT2D eigenvalue weighted by Gasteiger charge is 2.30. The minimum atomic E-state index is -3.08. The molecule has 22 heavy (non-hydrogen) atoms. The summed E-state index contributed by atoms with van der Waals surface area (Å²) in [6.07, 6.45) is 0. The molecular weight excluding hydrogens is 314 g/mol. The second-order valence-corrected chi connectivity index (χ2v) is 9.45. The molecule has 0 aliphatic rings. The van der Waals surface area contributed by atoms with Crippen LogP contribution in [0.4, 0.5) is 0 Å². The third-order valence-corrected chi connectivity index (χ3v) is 8.77. The van der Waals surface area contributed by atoms with Gasteiger partial charge in [-0.15, -0.1) is 0 Å². The minimum absolute atomic E-state index is 0.393. The molecule has 0 fully saturated rings. The summed E-state index contributed by atoms with van der Waals surface area (Å²) in [5.41, 5.74) is 0. The van der Waals surface area contributed by atoms with E-state index in [0.717, 1.165) is 0 Å². The van der Waals surface area contributed by atoms with Crippen LogP contribution in [0.5, 0.6) is 0 Å². The molecule has 0 aromatic heterocycles. The molecule has 2 aromatic carbocycles. The summed E-state index contributed by atoms with van der Waals surface area (Å²) in [5.74, 6) is 0.415. The van der Waals surface area contributed by atoms with Crippen molar-refractivity contribution >= 4 is 26.1 Å². The molecule has 0 radical (unpaired) electrons. The molecule has 0 N–H and O–H groups in total. The van der Waals surface area contributed by atoms with Gasteiger partial charge in [0.15, 0.2) is 0 Å². The number of rotatable bonds is 8. The van der Waals surface area contributed by atoms with Gasteiger partial charge < -0.3 is 9.05 Å². The van der Waals surface area contributed by atoms with Crippen LogP contribution in [0.15, 0.2) is 60.7 Å². The maximum absolute atomic E-state index is 12.9. The SMILES string of the molecule is CCOP(=O)(CP(c1ccccc1)c1ccccc1)OCC. The van der Waals surface area contributed by atoms with Gasteiger partial charge in [-0.3, -0.25) is 4.57 Å². The fraction of sp³-hybridized carbons (Fsp3) is 0.294. The van der Waals surface area contributed by atoms with Gasteiger partial charge in [-0.05, 0) is 32.4 Å². The molecule has 3 nitrogen and oxygen atoms in total. The Morgan fingerprint density at radius 1 is 0.818 bits per heavy atom. The Bertz CT molecular complexity index is 552. The van der Waals surface area contributed by atoms with Crippen molar-refractivity contribution in [2.24, 2.45) is 0 Å². The summed E-state index contributed by atoms with van der Waals surface area (Å²) in [4.78, 5) is 0. The molecule has 118 valence electrons. The lowest BCUT2D eigenvalue weighted by Gasteiger charge is -2.24. The van der Waals surface area contributed by atoms with E-state index in [2.05, 4.69) is 24.3 Å². The van der Waals surface area contributed by atoms with Crippen LogP contribution in [-0.4, -0.2) is 19.1 Å². The van der Waals surface area contributed by atoms with Gasteiger partial charge in [-0.1, -0.05) is 60.7 Å². The van der Waals surface area contributed by atoms with Crippen LogP contribution in [0.3, 0.4) is 0 Å². The Labute approximate surface area is 134 Å². The van der Waals surface area contributed by atoms with Crippen molar-refractivity contribution in [2.75, 3.05) is 19.1 Å². The number of hydrogen-bond acceptors (Lipinski definition) is 3. The summed E-state index contributed by atoms with van der Waals surface area (Å²) >= 11 is 0. The van der Waals surface area contributed by atoms with Gasteiger partial charge in [0.05, 0.1) is 19.1 Å². The van der Waals surface area contributed by atoms with E-state index in [1.54, 1.807) is 0 Å². The lowest BCUT2D eigenvalue weighted by molar-refractivity contribution is 0.224. The maximum atomic E-state index is 12.9. The van der Waals surface area contributed by atoms with Gasteiger partial charge in [0, 0.05) is 0 Å². The van der Waals surface area contributed by atoms with Crippen molar-refractivity contribution in [1.29, 1.82) is 0 Å². The van der Waals surface area contributed by atoms with Gasteiger partial charge in [-0.25, -0.2) is 0 Å². The highest BCUT2D eigenvalue weighted by Crippen LogP contribution is 2.57. The van der Waals surface area contributed by atoms with E-state index in [1.165, 1.54) is 10.6 Å². The first-order chi connectivity index (χ1) is 10.7. The standard InChI is InChI=1S/C17H22O3P2/c1-3-19-22(18,20-4-2)15-21(16-11-7-5-8-12-16)17-13-9-6-10-14-17/h5-14H,3-4,15H2,1-2H3. The van der Waals surface area contributed by atoms with Gasteiger partial charge in [0.1, 0.15) is 0 Å². The van der Waals surface area contributed by atoms with Crippen LogP contribution in [0.2, 0.25) is 0 Å². The molecule has 5 heteroatoms. The molecule has 0 saturated carbocycles. The zero-order valence-corrected chi connectivity index (χ0v) is 14.8. The molecule has 0 saturated heterocycles.